The third-order valence-corrected chi connectivity index (χ3v) is 5.32. The fourth-order valence-corrected chi connectivity index (χ4v) is 3.75. The Morgan fingerprint density at radius 2 is 1.91 bits per heavy atom. The third kappa shape index (κ3) is 5.76. The molecule has 1 aromatic carbocycles. The van der Waals surface area contributed by atoms with E-state index in [9.17, 15) is 14.4 Å². The monoisotopic (exact) mass is 457 g/mol. The predicted octanol–water partition coefficient (Wildman–Crippen LogP) is 3.05. The smallest absolute Gasteiger partial charge is 0.350 e. The van der Waals surface area contributed by atoms with Crippen molar-refractivity contribution in [3.63, 3.8) is 0 Å². The number of amides is 2. The molecular formula is C21H23N5O5S. The maximum atomic E-state index is 12.5. The average molecular weight is 458 g/mol. The fraction of sp³-hybridized carbons (Fsp3) is 0.333. The molecular weight excluding hydrogens is 434 g/mol. The fourth-order valence-electron chi connectivity index (χ4n) is 2.87. The van der Waals surface area contributed by atoms with Crippen LogP contribution in [0.1, 0.15) is 50.5 Å². The van der Waals surface area contributed by atoms with E-state index >= 15 is 0 Å². The average Bonchev–Trinajstić information content (AvgIpc) is 3.33. The van der Waals surface area contributed by atoms with Crippen LogP contribution in [0.15, 0.2) is 22.7 Å². The van der Waals surface area contributed by atoms with E-state index in [1.807, 2.05) is 13.0 Å². The van der Waals surface area contributed by atoms with Gasteiger partial charge in [-0.25, -0.2) is 9.78 Å². The Labute approximate surface area is 188 Å². The molecule has 2 N–H and O–H groups in total. The molecule has 0 spiro atoms. The van der Waals surface area contributed by atoms with Gasteiger partial charge in [0.05, 0.1) is 12.3 Å². The van der Waals surface area contributed by atoms with Gasteiger partial charge in [0.1, 0.15) is 4.88 Å². The zero-order valence-corrected chi connectivity index (χ0v) is 19.0. The zero-order valence-electron chi connectivity index (χ0n) is 18.1. The predicted molar refractivity (Wildman–Crippen MR) is 118 cm³/mol. The number of carbonyl (C=O) groups is 3. The van der Waals surface area contributed by atoms with Crippen molar-refractivity contribution in [3.8, 4) is 11.4 Å². The molecule has 32 heavy (non-hydrogen) atoms. The van der Waals surface area contributed by atoms with E-state index in [-0.39, 0.29) is 31.4 Å². The number of anilines is 1. The Hall–Kier alpha value is -3.60. The molecule has 0 fully saturated rings. The summed E-state index contributed by atoms with van der Waals surface area (Å²) in [6, 6.07) is 5.26. The molecule has 3 rings (SSSR count). The number of aryl methyl sites for hydroxylation is 3. The van der Waals surface area contributed by atoms with Gasteiger partial charge in [-0.15, -0.1) is 0 Å². The van der Waals surface area contributed by atoms with E-state index in [1.165, 1.54) is 0 Å². The van der Waals surface area contributed by atoms with Crippen LogP contribution in [0, 0.1) is 20.8 Å². The van der Waals surface area contributed by atoms with E-state index in [0.29, 0.717) is 38.5 Å². The largest absolute Gasteiger partial charge is 0.462 e. The quantitative estimate of drug-likeness (QED) is 0.493. The lowest BCUT2D eigenvalue weighted by atomic mass is 10.1. The standard InChI is InChI=1S/C21H23N5O5S/c1-5-30-20(29)17-12(3)23-21(32-17)25-16(27)6-7-22-19(28)15-9-11(2)8-14(10-15)18-24-13(4)31-26-18/h8-10H,5-7H2,1-4H3,(H,22,28)(H,23,25,27). The molecule has 10 nitrogen and oxygen atoms in total. The number of esters is 1. The summed E-state index contributed by atoms with van der Waals surface area (Å²) in [5, 5.41) is 9.54. The molecule has 0 aliphatic carbocycles. The van der Waals surface area contributed by atoms with E-state index < -0.39 is 5.97 Å². The first kappa shape index (κ1) is 23.1. The summed E-state index contributed by atoms with van der Waals surface area (Å²) in [6.45, 7) is 7.33. The first-order valence-corrected chi connectivity index (χ1v) is 10.7. The maximum absolute atomic E-state index is 12.5. The van der Waals surface area contributed by atoms with Gasteiger partial charge in [-0.3, -0.25) is 9.59 Å². The number of aromatic nitrogens is 3. The summed E-state index contributed by atoms with van der Waals surface area (Å²) < 4.78 is 9.96. The lowest BCUT2D eigenvalue weighted by Crippen LogP contribution is -2.27. The number of nitrogens with zero attached hydrogens (tertiary/aromatic N) is 3. The van der Waals surface area contributed by atoms with Crippen molar-refractivity contribution < 1.29 is 23.6 Å². The molecule has 168 valence electrons. The summed E-state index contributed by atoms with van der Waals surface area (Å²) in [5.74, 6) is -0.285. The summed E-state index contributed by atoms with van der Waals surface area (Å²) in [6.07, 6.45) is 0.0435. The van der Waals surface area contributed by atoms with Crippen LogP contribution in [0.4, 0.5) is 5.13 Å². The van der Waals surface area contributed by atoms with Gasteiger partial charge in [-0.05, 0) is 44.5 Å². The normalized spacial score (nSPS) is 10.6. The minimum Gasteiger partial charge on any atom is -0.462 e. The lowest BCUT2D eigenvalue weighted by molar-refractivity contribution is -0.116. The van der Waals surface area contributed by atoms with Gasteiger partial charge in [-0.1, -0.05) is 16.5 Å². The van der Waals surface area contributed by atoms with Crippen molar-refractivity contribution in [1.82, 2.24) is 20.4 Å². The highest BCUT2D eigenvalue weighted by molar-refractivity contribution is 7.17. The van der Waals surface area contributed by atoms with Crippen molar-refractivity contribution >= 4 is 34.3 Å². The molecule has 2 aromatic heterocycles. The second-order valence-electron chi connectivity index (χ2n) is 6.93. The number of hydrogen-bond donors (Lipinski definition) is 2. The van der Waals surface area contributed by atoms with Crippen molar-refractivity contribution in [2.75, 3.05) is 18.5 Å². The topological polar surface area (TPSA) is 136 Å². The summed E-state index contributed by atoms with van der Waals surface area (Å²) in [4.78, 5) is 45.3. The van der Waals surface area contributed by atoms with Gasteiger partial charge in [-0.2, -0.15) is 4.98 Å². The van der Waals surface area contributed by atoms with Crippen LogP contribution in [0.2, 0.25) is 0 Å². The number of benzene rings is 1. The number of ether oxygens (including phenoxy) is 1. The molecule has 0 aliphatic rings. The molecule has 0 unspecified atom stereocenters. The van der Waals surface area contributed by atoms with Gasteiger partial charge in [0.25, 0.3) is 5.91 Å². The Morgan fingerprint density at radius 3 is 2.59 bits per heavy atom. The van der Waals surface area contributed by atoms with Crippen molar-refractivity contribution in [2.45, 2.75) is 34.1 Å². The highest BCUT2D eigenvalue weighted by atomic mass is 32.1. The SMILES string of the molecule is CCOC(=O)c1sc(NC(=O)CCNC(=O)c2cc(C)cc(-c3noc(C)n3)c2)nc1C. The molecule has 3 aromatic rings. The minimum atomic E-state index is -0.469. The molecule has 11 heteroatoms. The van der Waals surface area contributed by atoms with Gasteiger partial charge < -0.3 is 19.9 Å². The van der Waals surface area contributed by atoms with Crippen LogP contribution < -0.4 is 10.6 Å². The highest BCUT2D eigenvalue weighted by Gasteiger charge is 2.18. The second kappa shape index (κ2) is 10.1. The van der Waals surface area contributed by atoms with Gasteiger partial charge in [0.15, 0.2) is 5.13 Å². The Balaban J connectivity index is 1.55. The number of nitrogens with one attached hydrogen (secondary N) is 2. The molecule has 0 radical (unpaired) electrons. The van der Waals surface area contributed by atoms with Crippen molar-refractivity contribution in [2.24, 2.45) is 0 Å². The van der Waals surface area contributed by atoms with E-state index in [2.05, 4.69) is 25.8 Å². The summed E-state index contributed by atoms with van der Waals surface area (Å²) >= 11 is 1.05. The van der Waals surface area contributed by atoms with Crippen LogP contribution >= 0.6 is 11.3 Å². The second-order valence-corrected chi connectivity index (χ2v) is 7.93. The van der Waals surface area contributed by atoms with Gasteiger partial charge in [0, 0.05) is 31.0 Å². The number of hydrogen-bond acceptors (Lipinski definition) is 9. The Kier molecular flexibility index (Phi) is 7.31. The highest BCUT2D eigenvalue weighted by Crippen LogP contribution is 2.23. The molecule has 2 heterocycles. The van der Waals surface area contributed by atoms with Crippen LogP contribution in [0.3, 0.4) is 0 Å². The summed E-state index contributed by atoms with van der Waals surface area (Å²) in [5.41, 5.74) is 2.45. The molecule has 2 amide bonds. The van der Waals surface area contributed by atoms with Gasteiger partial charge >= 0.3 is 5.97 Å². The Bertz CT molecular complexity index is 1150. The minimum absolute atomic E-state index is 0.0435. The van der Waals surface area contributed by atoms with Crippen LogP contribution in [-0.2, 0) is 9.53 Å². The van der Waals surface area contributed by atoms with Crippen molar-refractivity contribution in [3.05, 3.63) is 45.8 Å². The van der Waals surface area contributed by atoms with Crippen molar-refractivity contribution in [1.29, 1.82) is 0 Å². The number of rotatable bonds is 8. The molecule has 0 bridgehead atoms. The zero-order chi connectivity index (χ0) is 23.3. The number of carbonyl (C=O) groups excluding carboxylic acids is 3. The Morgan fingerprint density at radius 1 is 1.12 bits per heavy atom. The first-order valence-electron chi connectivity index (χ1n) is 9.91. The summed E-state index contributed by atoms with van der Waals surface area (Å²) in [7, 11) is 0. The molecule has 0 saturated heterocycles. The van der Waals surface area contributed by atoms with Gasteiger partial charge in [0.2, 0.25) is 17.6 Å². The number of thiazole rings is 1. The maximum Gasteiger partial charge on any atom is 0.350 e. The molecule has 0 aliphatic heterocycles. The molecule has 0 atom stereocenters. The van der Waals surface area contributed by atoms with Crippen LogP contribution in [-0.4, -0.2) is 46.1 Å². The third-order valence-electron chi connectivity index (χ3n) is 4.27. The van der Waals surface area contributed by atoms with Crippen LogP contribution in [0.25, 0.3) is 11.4 Å². The lowest BCUT2D eigenvalue weighted by Gasteiger charge is -2.07. The van der Waals surface area contributed by atoms with Crippen LogP contribution in [0.5, 0.6) is 0 Å². The van der Waals surface area contributed by atoms with E-state index in [0.717, 1.165) is 16.9 Å². The first-order chi connectivity index (χ1) is 15.3. The van der Waals surface area contributed by atoms with E-state index in [4.69, 9.17) is 9.26 Å². The molecule has 0 saturated carbocycles. The van der Waals surface area contributed by atoms with E-state index in [1.54, 1.807) is 32.9 Å².